The average molecular weight is 593 g/mol. The lowest BCUT2D eigenvalue weighted by Gasteiger charge is -2.24. The van der Waals surface area contributed by atoms with Gasteiger partial charge in [-0.2, -0.15) is 0 Å². The van der Waals surface area contributed by atoms with Gasteiger partial charge in [-0.05, 0) is 62.2 Å². The van der Waals surface area contributed by atoms with Crippen LogP contribution in [0.4, 0.5) is 0 Å². The predicted octanol–water partition coefficient (Wildman–Crippen LogP) is 7.33. The van der Waals surface area contributed by atoms with E-state index in [4.69, 9.17) is 0 Å². The normalized spacial score (nSPS) is 33.7. The molecule has 9 atom stereocenters. The molecule has 0 radical (unpaired) electrons. The Morgan fingerprint density at radius 2 is 1.02 bits per heavy atom. The zero-order valence-electron chi connectivity index (χ0n) is 27.2. The van der Waals surface area contributed by atoms with Gasteiger partial charge in [-0.3, -0.25) is 29.0 Å². The molecule has 43 heavy (non-hydrogen) atoms. The van der Waals surface area contributed by atoms with Crippen LogP contribution >= 0.6 is 0 Å². The Morgan fingerprint density at radius 3 is 1.49 bits per heavy atom. The molecule has 4 amide bonds. The Balaban J connectivity index is 0.000000171. The van der Waals surface area contributed by atoms with E-state index in [1.165, 1.54) is 57.8 Å². The summed E-state index contributed by atoms with van der Waals surface area (Å²) in [6, 6.07) is 0.0798. The minimum atomic E-state index is -0.0329. The SMILES string of the molecule is CCCC(CCC)CCN1C(=O)C2C3C=CC(C3)C2C1=O.CCCCCCCCC(C)N1C(=O)C2C3C=CC(C3)C2C1=O. The molecule has 6 heteroatoms. The Labute approximate surface area is 260 Å². The van der Waals surface area contributed by atoms with Gasteiger partial charge in [0.2, 0.25) is 23.6 Å². The molecular formula is C37H56N2O4. The molecule has 6 aliphatic rings. The van der Waals surface area contributed by atoms with Crippen LogP contribution in [-0.2, 0) is 19.2 Å². The Morgan fingerprint density at radius 1 is 0.581 bits per heavy atom. The molecule has 6 nitrogen and oxygen atoms in total. The first-order chi connectivity index (χ1) is 20.8. The standard InChI is InChI=1S/C19H29NO2.C18H27NO2/c1-3-4-5-6-7-8-9-13(2)20-18(21)16-14-10-11-15(12-14)17(16)19(20)22;1-3-5-12(6-4-2)9-10-19-17(20)15-13-7-8-14(11-13)16(15)18(19)21/h10-11,13-17H,3-9,12H2,1-2H3;7-8,12-16H,3-6,9-11H2,1-2H3. The molecule has 2 heterocycles. The van der Waals surface area contributed by atoms with E-state index in [1.807, 2.05) is 0 Å². The van der Waals surface area contributed by atoms with Crippen LogP contribution in [-0.4, -0.2) is 46.0 Å². The molecule has 0 aromatic carbocycles. The summed E-state index contributed by atoms with van der Waals surface area (Å²) < 4.78 is 0. The van der Waals surface area contributed by atoms with Crippen LogP contribution < -0.4 is 0 Å². The third-order valence-electron chi connectivity index (χ3n) is 11.6. The number of likely N-dealkylation sites (tertiary alicyclic amines) is 2. The number of hydrogen-bond acceptors (Lipinski definition) is 4. The number of carbonyl (C=O) groups is 4. The highest BCUT2D eigenvalue weighted by atomic mass is 16.2. The number of fused-ring (bicyclic) bond motifs is 10. The quantitative estimate of drug-likeness (QED) is 0.113. The molecule has 4 fully saturated rings. The van der Waals surface area contributed by atoms with Gasteiger partial charge in [-0.15, -0.1) is 0 Å². The van der Waals surface area contributed by atoms with Crippen molar-refractivity contribution in [3.63, 3.8) is 0 Å². The molecule has 9 unspecified atom stereocenters. The zero-order valence-corrected chi connectivity index (χ0v) is 27.2. The minimum absolute atomic E-state index is 0.0247. The van der Waals surface area contributed by atoms with Crippen LogP contribution in [0.3, 0.4) is 0 Å². The summed E-state index contributed by atoms with van der Waals surface area (Å²) in [6.45, 7) is 9.35. The highest BCUT2D eigenvalue weighted by Crippen LogP contribution is 2.54. The molecule has 6 rings (SSSR count). The highest BCUT2D eigenvalue weighted by Gasteiger charge is 2.60. The second-order valence-electron chi connectivity index (χ2n) is 14.5. The van der Waals surface area contributed by atoms with Crippen molar-refractivity contribution in [2.45, 2.75) is 124 Å². The van der Waals surface area contributed by atoms with E-state index in [1.54, 1.807) is 9.80 Å². The summed E-state index contributed by atoms with van der Waals surface area (Å²) >= 11 is 0. The number of imide groups is 2. The van der Waals surface area contributed by atoms with Crippen molar-refractivity contribution in [3.8, 4) is 0 Å². The fourth-order valence-corrected chi connectivity index (χ4v) is 9.45. The largest absolute Gasteiger partial charge is 0.282 e. The summed E-state index contributed by atoms with van der Waals surface area (Å²) in [7, 11) is 0. The van der Waals surface area contributed by atoms with Crippen LogP contribution in [0.15, 0.2) is 24.3 Å². The Hall–Kier alpha value is -2.24. The van der Waals surface area contributed by atoms with Crippen molar-refractivity contribution in [3.05, 3.63) is 24.3 Å². The smallest absolute Gasteiger partial charge is 0.233 e. The van der Waals surface area contributed by atoms with Gasteiger partial charge in [-0.25, -0.2) is 0 Å². The van der Waals surface area contributed by atoms with Crippen LogP contribution in [0.25, 0.3) is 0 Å². The van der Waals surface area contributed by atoms with E-state index in [9.17, 15) is 19.2 Å². The number of allylic oxidation sites excluding steroid dienone is 4. The first-order valence-electron chi connectivity index (χ1n) is 17.9. The van der Waals surface area contributed by atoms with Gasteiger partial charge in [0.1, 0.15) is 0 Å². The predicted molar refractivity (Wildman–Crippen MR) is 169 cm³/mol. The van der Waals surface area contributed by atoms with Crippen molar-refractivity contribution in [1.82, 2.24) is 9.80 Å². The van der Waals surface area contributed by atoms with Crippen molar-refractivity contribution in [2.24, 2.45) is 53.3 Å². The minimum Gasteiger partial charge on any atom is -0.282 e. The second kappa shape index (κ2) is 14.2. The van der Waals surface area contributed by atoms with Crippen LogP contribution in [0, 0.1) is 53.3 Å². The van der Waals surface area contributed by atoms with Crippen LogP contribution in [0.1, 0.15) is 118 Å². The fourth-order valence-electron chi connectivity index (χ4n) is 9.45. The number of nitrogens with zero attached hydrogens (tertiary/aromatic N) is 2. The van der Waals surface area contributed by atoms with Gasteiger partial charge in [0.15, 0.2) is 0 Å². The monoisotopic (exact) mass is 592 g/mol. The van der Waals surface area contributed by atoms with Gasteiger partial charge in [-0.1, -0.05) is 109 Å². The molecule has 4 aliphatic carbocycles. The van der Waals surface area contributed by atoms with E-state index in [-0.39, 0.29) is 53.3 Å². The summed E-state index contributed by atoms with van der Waals surface area (Å²) in [5.41, 5.74) is 0. The maximum Gasteiger partial charge on any atom is 0.233 e. The first kappa shape index (κ1) is 32.2. The van der Waals surface area contributed by atoms with Gasteiger partial charge in [0.25, 0.3) is 0 Å². The number of unbranched alkanes of at least 4 members (excludes halogenated alkanes) is 5. The lowest BCUT2D eigenvalue weighted by Crippen LogP contribution is -2.40. The summed E-state index contributed by atoms with van der Waals surface area (Å²) in [5, 5.41) is 0. The van der Waals surface area contributed by atoms with Gasteiger partial charge in [0, 0.05) is 12.6 Å². The molecule has 0 N–H and O–H groups in total. The van der Waals surface area contributed by atoms with Crippen molar-refractivity contribution < 1.29 is 19.2 Å². The van der Waals surface area contributed by atoms with Gasteiger partial charge in [0.05, 0.1) is 23.7 Å². The maximum absolute atomic E-state index is 12.7. The number of carbonyl (C=O) groups excluding carboxylic acids is 4. The third-order valence-corrected chi connectivity index (χ3v) is 11.6. The molecule has 2 saturated heterocycles. The fraction of sp³-hybridized carbons (Fsp3) is 0.784. The maximum atomic E-state index is 12.7. The van der Waals surface area contributed by atoms with Crippen molar-refractivity contribution in [1.29, 1.82) is 0 Å². The van der Waals surface area contributed by atoms with Crippen molar-refractivity contribution in [2.75, 3.05) is 6.54 Å². The molecular weight excluding hydrogens is 536 g/mol. The molecule has 2 saturated carbocycles. The van der Waals surface area contributed by atoms with E-state index < -0.39 is 0 Å². The molecule has 4 bridgehead atoms. The topological polar surface area (TPSA) is 74.8 Å². The molecule has 0 spiro atoms. The molecule has 238 valence electrons. The highest BCUT2D eigenvalue weighted by molar-refractivity contribution is 6.07. The summed E-state index contributed by atoms with van der Waals surface area (Å²) in [6.07, 6.45) is 25.0. The second-order valence-corrected chi connectivity index (χ2v) is 14.5. The average Bonchev–Trinajstić information content (AvgIpc) is 3.84. The van der Waals surface area contributed by atoms with Crippen LogP contribution in [0.2, 0.25) is 0 Å². The van der Waals surface area contributed by atoms with E-state index in [2.05, 4.69) is 52.0 Å². The summed E-state index contributed by atoms with van der Waals surface area (Å²) in [5.74, 6) is 2.35. The lowest BCUT2D eigenvalue weighted by molar-refractivity contribution is -0.144. The first-order valence-corrected chi connectivity index (χ1v) is 17.9. The van der Waals surface area contributed by atoms with Gasteiger partial charge < -0.3 is 0 Å². The van der Waals surface area contributed by atoms with Crippen molar-refractivity contribution >= 4 is 23.6 Å². The number of rotatable bonds is 15. The molecule has 2 aliphatic heterocycles. The van der Waals surface area contributed by atoms with Crippen LogP contribution in [0.5, 0.6) is 0 Å². The Bertz CT molecular complexity index is 1030. The number of hydrogen-bond donors (Lipinski definition) is 0. The lowest BCUT2D eigenvalue weighted by atomic mass is 9.85. The third kappa shape index (κ3) is 6.31. The molecule has 0 aromatic heterocycles. The number of amides is 4. The molecule has 0 aromatic rings. The Kier molecular flexibility index (Phi) is 10.7. The summed E-state index contributed by atoms with van der Waals surface area (Å²) in [4.78, 5) is 53.7. The zero-order chi connectivity index (χ0) is 30.7. The van der Waals surface area contributed by atoms with E-state index >= 15 is 0 Å². The van der Waals surface area contributed by atoms with E-state index in [0.29, 0.717) is 36.1 Å². The van der Waals surface area contributed by atoms with Gasteiger partial charge >= 0.3 is 0 Å². The van der Waals surface area contributed by atoms with E-state index in [0.717, 1.165) is 32.1 Å².